The van der Waals surface area contributed by atoms with Gasteiger partial charge < -0.3 is 19.3 Å². The van der Waals surface area contributed by atoms with Gasteiger partial charge in [-0.1, -0.05) is 146 Å². The number of hydrogen-bond donors (Lipinski definition) is 0. The Balaban J connectivity index is 0.825. The molecule has 4 aliphatic heterocycles. The Labute approximate surface area is 386 Å². The molecule has 0 N–H and O–H groups in total. The number of hydrogen-bond acceptors (Lipinski definition) is 5. The van der Waals surface area contributed by atoms with Gasteiger partial charge in [-0.3, -0.25) is 4.98 Å². The van der Waals surface area contributed by atoms with E-state index in [-0.39, 0.29) is 0 Å². The molecule has 0 radical (unpaired) electrons. The van der Waals surface area contributed by atoms with Crippen LogP contribution in [0, 0.1) is 0 Å². The van der Waals surface area contributed by atoms with E-state index in [1.165, 1.54) is 83.7 Å². The van der Waals surface area contributed by atoms with Gasteiger partial charge in [0.1, 0.15) is 12.5 Å². The molecule has 5 heteroatoms. The number of rotatable bonds is 11. The van der Waals surface area contributed by atoms with Gasteiger partial charge in [0.25, 0.3) is 0 Å². The van der Waals surface area contributed by atoms with Crippen LogP contribution in [0.5, 0.6) is 0 Å². The van der Waals surface area contributed by atoms with Crippen molar-refractivity contribution in [3.05, 3.63) is 246 Å². The normalized spacial score (nSPS) is 14.1. The fourth-order valence-corrected chi connectivity index (χ4v) is 9.81. The van der Waals surface area contributed by atoms with Crippen molar-refractivity contribution in [1.29, 1.82) is 0 Å². The molecule has 0 aliphatic carbocycles. The van der Waals surface area contributed by atoms with Crippen LogP contribution < -0.4 is 9.80 Å². The molecule has 5 nitrogen and oxygen atoms in total. The fourth-order valence-electron chi connectivity index (χ4n) is 9.81. The molecule has 8 aromatic rings. The Morgan fingerprint density at radius 2 is 0.894 bits per heavy atom. The van der Waals surface area contributed by atoms with Crippen LogP contribution in [0.4, 0.5) is 11.4 Å². The fraction of sp³-hybridized carbons (Fsp3) is 0.0984. The molecule has 7 aromatic carbocycles. The predicted molar refractivity (Wildman–Crippen MR) is 270 cm³/mol. The summed E-state index contributed by atoms with van der Waals surface area (Å²) in [4.78, 5) is 9.53. The number of fused-ring (bicyclic) bond motifs is 6. The number of anilines is 2. The summed E-state index contributed by atoms with van der Waals surface area (Å²) in [6, 6.07) is 62.2. The second-order valence-electron chi connectivity index (χ2n) is 17.5. The quantitative estimate of drug-likeness (QED) is 0.130. The summed E-state index contributed by atoms with van der Waals surface area (Å²) < 4.78 is 11.2. The molecule has 0 saturated carbocycles. The lowest BCUT2D eigenvalue weighted by Gasteiger charge is -2.24. The SMILES string of the molecule is C1=Cc2cc(CCc3cc(CCc4ccc5c(c4)C=CC4=COCN45)cc(-c4ccccc4-c4ccc(-c5cccc(-c6ccc(-c7ccccc7)cc6)c5)nc4)c3)ccc2N2COC=C12. The molecule has 1 aromatic heterocycles. The third-order valence-corrected chi connectivity index (χ3v) is 13.3. The third-order valence-electron chi connectivity index (χ3n) is 13.3. The van der Waals surface area contributed by atoms with Crippen LogP contribution in [-0.2, 0) is 35.2 Å². The second kappa shape index (κ2) is 17.1. The smallest absolute Gasteiger partial charge is 0.165 e. The van der Waals surface area contributed by atoms with Crippen LogP contribution in [0.3, 0.4) is 0 Å². The minimum Gasteiger partial charge on any atom is -0.478 e. The van der Waals surface area contributed by atoms with E-state index in [0.29, 0.717) is 13.5 Å². The second-order valence-corrected chi connectivity index (χ2v) is 17.5. The molecule has 66 heavy (non-hydrogen) atoms. The molecule has 0 atom stereocenters. The zero-order valence-electron chi connectivity index (χ0n) is 36.6. The average Bonchev–Trinajstić information content (AvgIpc) is 4.09. The molecule has 0 amide bonds. The van der Waals surface area contributed by atoms with Crippen molar-refractivity contribution in [2.45, 2.75) is 25.7 Å². The van der Waals surface area contributed by atoms with E-state index in [9.17, 15) is 0 Å². The predicted octanol–water partition coefficient (Wildman–Crippen LogP) is 14.3. The highest BCUT2D eigenvalue weighted by molar-refractivity contribution is 5.85. The molecular weight excluding hydrogens is 807 g/mol. The van der Waals surface area contributed by atoms with Gasteiger partial charge in [-0.25, -0.2) is 0 Å². The highest BCUT2D eigenvalue weighted by Crippen LogP contribution is 2.38. The van der Waals surface area contributed by atoms with E-state index >= 15 is 0 Å². The highest BCUT2D eigenvalue weighted by Gasteiger charge is 2.23. The molecule has 318 valence electrons. The Morgan fingerprint density at radius 1 is 0.379 bits per heavy atom. The Morgan fingerprint density at radius 3 is 1.50 bits per heavy atom. The number of allylic oxidation sites excluding steroid dienone is 2. The summed E-state index contributed by atoms with van der Waals surface area (Å²) in [5.41, 5.74) is 24.0. The van der Waals surface area contributed by atoms with Crippen LogP contribution >= 0.6 is 0 Å². The van der Waals surface area contributed by atoms with Crippen molar-refractivity contribution in [2.75, 3.05) is 23.3 Å². The number of benzene rings is 7. The zero-order valence-corrected chi connectivity index (χ0v) is 36.6. The number of pyridine rings is 1. The first-order valence-corrected chi connectivity index (χ1v) is 22.9. The molecule has 12 rings (SSSR count). The minimum atomic E-state index is 0.566. The van der Waals surface area contributed by atoms with Crippen LogP contribution in [0.2, 0.25) is 0 Å². The molecule has 0 bridgehead atoms. The first-order chi connectivity index (χ1) is 32.6. The van der Waals surface area contributed by atoms with E-state index in [4.69, 9.17) is 14.5 Å². The van der Waals surface area contributed by atoms with Gasteiger partial charge in [0, 0.05) is 17.3 Å². The summed E-state index contributed by atoms with van der Waals surface area (Å²) in [5.74, 6) is 0. The van der Waals surface area contributed by atoms with Crippen LogP contribution in [0.15, 0.2) is 212 Å². The van der Waals surface area contributed by atoms with E-state index in [2.05, 4.69) is 204 Å². The summed E-state index contributed by atoms with van der Waals surface area (Å²) in [5, 5.41) is 0. The molecular formula is C61H47N3O2. The third kappa shape index (κ3) is 7.79. The van der Waals surface area contributed by atoms with Crippen molar-refractivity contribution in [3.63, 3.8) is 0 Å². The molecule has 0 spiro atoms. The average molecular weight is 854 g/mol. The van der Waals surface area contributed by atoms with Crippen LogP contribution in [0.1, 0.15) is 33.4 Å². The van der Waals surface area contributed by atoms with Gasteiger partial charge in [-0.2, -0.15) is 0 Å². The summed E-state index contributed by atoms with van der Waals surface area (Å²) in [7, 11) is 0. The van der Waals surface area contributed by atoms with Gasteiger partial charge in [0.15, 0.2) is 13.5 Å². The molecule has 5 heterocycles. The van der Waals surface area contributed by atoms with Crippen molar-refractivity contribution in [3.8, 4) is 55.8 Å². The number of aryl methyl sites for hydroxylation is 4. The largest absolute Gasteiger partial charge is 0.478 e. The molecule has 4 aliphatic rings. The highest BCUT2D eigenvalue weighted by atomic mass is 16.5. The van der Waals surface area contributed by atoms with Crippen LogP contribution in [-0.4, -0.2) is 18.4 Å². The Hall–Kier alpha value is -8.15. The first-order valence-electron chi connectivity index (χ1n) is 22.9. The summed E-state index contributed by atoms with van der Waals surface area (Å²) >= 11 is 0. The zero-order chi connectivity index (χ0) is 43.8. The Bertz CT molecular complexity index is 3140. The van der Waals surface area contributed by atoms with Crippen molar-refractivity contribution >= 4 is 23.5 Å². The maximum atomic E-state index is 5.62. The lowest BCUT2D eigenvalue weighted by molar-refractivity contribution is 0.282. The summed E-state index contributed by atoms with van der Waals surface area (Å²) in [6.07, 6.45) is 18.2. The monoisotopic (exact) mass is 853 g/mol. The van der Waals surface area contributed by atoms with E-state index in [1.807, 2.05) is 18.7 Å². The number of ether oxygens (including phenoxy) is 2. The van der Waals surface area contributed by atoms with Gasteiger partial charge in [-0.15, -0.1) is 0 Å². The molecule has 0 fully saturated rings. The van der Waals surface area contributed by atoms with E-state index in [1.54, 1.807) is 0 Å². The Kier molecular flexibility index (Phi) is 10.2. The standard InChI is InChI=1S/C61H47N3O2/c1-2-7-46(8-3-1)47-19-21-48(22-20-47)49-9-6-10-50(36-49)59-28-25-53(37-62-59)57-11-4-5-12-58(57)54-34-44(15-13-42-17-29-60-51(32-42)23-26-55-38-65-40-63(55)60)31-45(35-54)16-14-43-18-30-61-52(33-43)24-27-56-39-66-41-64(56)61/h1-12,17-39H,13-16,40-41H2. The van der Waals surface area contributed by atoms with Crippen molar-refractivity contribution in [1.82, 2.24) is 4.98 Å². The first kappa shape index (κ1) is 39.4. The van der Waals surface area contributed by atoms with E-state index in [0.717, 1.165) is 53.9 Å². The minimum absolute atomic E-state index is 0.566. The number of aromatic nitrogens is 1. The van der Waals surface area contributed by atoms with Gasteiger partial charge in [0.2, 0.25) is 0 Å². The lowest BCUT2D eigenvalue weighted by atomic mass is 9.90. The number of nitrogens with zero attached hydrogens (tertiary/aromatic N) is 3. The van der Waals surface area contributed by atoms with Gasteiger partial charge >= 0.3 is 0 Å². The maximum Gasteiger partial charge on any atom is 0.165 e. The van der Waals surface area contributed by atoms with Gasteiger partial charge in [0.05, 0.1) is 28.5 Å². The maximum absolute atomic E-state index is 5.62. The van der Waals surface area contributed by atoms with Crippen LogP contribution in [0.25, 0.3) is 67.9 Å². The topological polar surface area (TPSA) is 37.8 Å². The van der Waals surface area contributed by atoms with Gasteiger partial charge in [-0.05, 0) is 147 Å². The lowest BCUT2D eigenvalue weighted by Crippen LogP contribution is -2.21. The van der Waals surface area contributed by atoms with E-state index < -0.39 is 0 Å². The molecule has 0 unspecified atom stereocenters. The van der Waals surface area contributed by atoms with Crippen molar-refractivity contribution < 1.29 is 9.47 Å². The molecule has 0 saturated heterocycles. The van der Waals surface area contributed by atoms with Crippen molar-refractivity contribution in [2.24, 2.45) is 0 Å². The summed E-state index contributed by atoms with van der Waals surface area (Å²) in [6.45, 7) is 1.13.